The Kier molecular flexibility index (Phi) is 8.10. The van der Waals surface area contributed by atoms with Crippen molar-refractivity contribution in [2.45, 2.75) is 45.2 Å². The zero-order chi connectivity index (χ0) is 20.7. The van der Waals surface area contributed by atoms with Crippen molar-refractivity contribution in [3.63, 3.8) is 0 Å². The maximum atomic E-state index is 12.6. The van der Waals surface area contributed by atoms with E-state index >= 15 is 0 Å². The average Bonchev–Trinajstić information content (AvgIpc) is 2.66. The van der Waals surface area contributed by atoms with E-state index in [1.807, 2.05) is 6.07 Å². The summed E-state index contributed by atoms with van der Waals surface area (Å²) in [5.74, 6) is 2.50. The molecule has 0 aliphatic carbocycles. The second-order valence-corrected chi connectivity index (χ2v) is 7.97. The Labute approximate surface area is 169 Å². The molecule has 0 N–H and O–H groups in total. The molecule has 0 aliphatic heterocycles. The number of thioether (sulfide) groups is 1. The molecule has 0 spiro atoms. The van der Waals surface area contributed by atoms with E-state index in [2.05, 4.69) is 33.8 Å². The molecule has 1 atom stereocenters. The van der Waals surface area contributed by atoms with Gasteiger partial charge in [-0.1, -0.05) is 13.8 Å². The first-order chi connectivity index (χ1) is 13.2. The minimum atomic E-state index is -4.32. The summed E-state index contributed by atoms with van der Waals surface area (Å²) in [6, 6.07) is 8.92. The third kappa shape index (κ3) is 6.36. The monoisotopic (exact) mass is 412 g/mol. The fourth-order valence-electron chi connectivity index (χ4n) is 2.55. The SMILES string of the molecule is CCCOc1ccc(SCC(C)COc2ccc(C(F)(F)F)cc2)c(C)c1C. The molecule has 2 rings (SSSR count). The summed E-state index contributed by atoms with van der Waals surface area (Å²) in [5, 5.41) is 0. The molecule has 1 unspecified atom stereocenters. The van der Waals surface area contributed by atoms with Crippen molar-refractivity contribution in [3.05, 3.63) is 53.1 Å². The Hall–Kier alpha value is -1.82. The minimum absolute atomic E-state index is 0.253. The van der Waals surface area contributed by atoms with Crippen LogP contribution in [0, 0.1) is 19.8 Å². The van der Waals surface area contributed by atoms with Crippen LogP contribution in [0.3, 0.4) is 0 Å². The minimum Gasteiger partial charge on any atom is -0.493 e. The van der Waals surface area contributed by atoms with Gasteiger partial charge >= 0.3 is 6.18 Å². The van der Waals surface area contributed by atoms with Crippen molar-refractivity contribution in [3.8, 4) is 11.5 Å². The smallest absolute Gasteiger partial charge is 0.416 e. The Morgan fingerprint density at radius 2 is 1.64 bits per heavy atom. The third-order valence-corrected chi connectivity index (χ3v) is 5.88. The number of rotatable bonds is 9. The van der Waals surface area contributed by atoms with Crippen LogP contribution in [-0.4, -0.2) is 19.0 Å². The molecule has 154 valence electrons. The quantitative estimate of drug-likeness (QED) is 0.417. The molecule has 0 saturated heterocycles. The zero-order valence-electron chi connectivity index (χ0n) is 16.7. The van der Waals surface area contributed by atoms with Gasteiger partial charge in [-0.2, -0.15) is 13.2 Å². The molecule has 0 aromatic heterocycles. The van der Waals surface area contributed by atoms with E-state index in [4.69, 9.17) is 9.47 Å². The maximum Gasteiger partial charge on any atom is 0.416 e. The first kappa shape index (κ1) is 22.5. The molecular formula is C22H27F3O2S. The molecule has 2 nitrogen and oxygen atoms in total. The third-order valence-electron chi connectivity index (χ3n) is 4.39. The standard InChI is InChI=1S/C22H27F3O2S/c1-5-12-26-20-10-11-21(17(4)16(20)3)28-14-15(2)13-27-19-8-6-18(7-9-19)22(23,24)25/h6-11,15H,5,12-14H2,1-4H3. The molecule has 0 aliphatic rings. The highest BCUT2D eigenvalue weighted by molar-refractivity contribution is 7.99. The molecule has 0 heterocycles. The summed E-state index contributed by atoms with van der Waals surface area (Å²) >= 11 is 1.76. The van der Waals surface area contributed by atoms with E-state index in [1.54, 1.807) is 11.8 Å². The molecule has 0 fully saturated rings. The summed E-state index contributed by atoms with van der Waals surface area (Å²) < 4.78 is 49.2. The van der Waals surface area contributed by atoms with Gasteiger partial charge in [0, 0.05) is 10.6 Å². The maximum absolute atomic E-state index is 12.6. The number of hydrogen-bond acceptors (Lipinski definition) is 3. The Morgan fingerprint density at radius 3 is 2.25 bits per heavy atom. The Balaban J connectivity index is 1.85. The number of benzene rings is 2. The van der Waals surface area contributed by atoms with Gasteiger partial charge in [0.2, 0.25) is 0 Å². The predicted octanol–water partition coefficient (Wildman–Crippen LogP) is 6.92. The molecule has 0 bridgehead atoms. The predicted molar refractivity (Wildman–Crippen MR) is 109 cm³/mol. The number of hydrogen-bond donors (Lipinski definition) is 0. The Morgan fingerprint density at radius 1 is 0.964 bits per heavy atom. The van der Waals surface area contributed by atoms with Crippen molar-refractivity contribution in [1.82, 2.24) is 0 Å². The topological polar surface area (TPSA) is 18.5 Å². The van der Waals surface area contributed by atoms with Gasteiger partial charge in [0.05, 0.1) is 18.8 Å². The van der Waals surface area contributed by atoms with E-state index in [-0.39, 0.29) is 5.92 Å². The second-order valence-electron chi connectivity index (χ2n) is 6.91. The van der Waals surface area contributed by atoms with Crippen LogP contribution in [0.15, 0.2) is 41.3 Å². The highest BCUT2D eigenvalue weighted by atomic mass is 32.2. The van der Waals surface area contributed by atoms with Crippen LogP contribution >= 0.6 is 11.8 Å². The van der Waals surface area contributed by atoms with Gasteiger partial charge < -0.3 is 9.47 Å². The normalized spacial score (nSPS) is 12.7. The Bertz CT molecular complexity index is 758. The van der Waals surface area contributed by atoms with Crippen LogP contribution < -0.4 is 9.47 Å². The van der Waals surface area contributed by atoms with E-state index in [1.165, 1.54) is 22.6 Å². The van der Waals surface area contributed by atoms with Crippen molar-refractivity contribution in [2.75, 3.05) is 19.0 Å². The summed E-state index contributed by atoms with van der Waals surface area (Å²) in [5.41, 5.74) is 1.71. The van der Waals surface area contributed by atoms with Crippen LogP contribution in [0.5, 0.6) is 11.5 Å². The first-order valence-corrected chi connectivity index (χ1v) is 10.4. The number of halogens is 3. The van der Waals surface area contributed by atoms with Crippen LogP contribution in [0.25, 0.3) is 0 Å². The molecule has 6 heteroatoms. The molecule has 2 aromatic rings. The fraction of sp³-hybridized carbons (Fsp3) is 0.455. The van der Waals surface area contributed by atoms with Crippen molar-refractivity contribution >= 4 is 11.8 Å². The van der Waals surface area contributed by atoms with Crippen LogP contribution in [0.2, 0.25) is 0 Å². The average molecular weight is 413 g/mol. The fourth-order valence-corrected chi connectivity index (χ4v) is 3.65. The van der Waals surface area contributed by atoms with E-state index in [9.17, 15) is 13.2 Å². The highest BCUT2D eigenvalue weighted by Gasteiger charge is 2.30. The molecular weight excluding hydrogens is 385 g/mol. The van der Waals surface area contributed by atoms with E-state index < -0.39 is 11.7 Å². The number of alkyl halides is 3. The van der Waals surface area contributed by atoms with Gasteiger partial charge in [0.25, 0.3) is 0 Å². The highest BCUT2D eigenvalue weighted by Crippen LogP contribution is 2.32. The summed E-state index contributed by atoms with van der Waals surface area (Å²) in [6.45, 7) is 9.49. The van der Waals surface area contributed by atoms with Crippen LogP contribution in [-0.2, 0) is 6.18 Å². The van der Waals surface area contributed by atoms with Gasteiger partial charge in [-0.25, -0.2) is 0 Å². The summed E-state index contributed by atoms with van der Waals surface area (Å²) in [7, 11) is 0. The first-order valence-electron chi connectivity index (χ1n) is 9.38. The molecule has 2 aromatic carbocycles. The van der Waals surface area contributed by atoms with Gasteiger partial charge in [-0.3, -0.25) is 0 Å². The molecule has 0 radical (unpaired) electrons. The van der Waals surface area contributed by atoms with Crippen LogP contribution in [0.4, 0.5) is 13.2 Å². The largest absolute Gasteiger partial charge is 0.493 e. The lowest BCUT2D eigenvalue weighted by Gasteiger charge is -2.16. The van der Waals surface area contributed by atoms with Gasteiger partial charge in [0.15, 0.2) is 0 Å². The lowest BCUT2D eigenvalue weighted by molar-refractivity contribution is -0.137. The van der Waals surface area contributed by atoms with Crippen molar-refractivity contribution in [1.29, 1.82) is 0 Å². The van der Waals surface area contributed by atoms with Gasteiger partial charge in [-0.15, -0.1) is 11.8 Å². The van der Waals surface area contributed by atoms with E-state index in [0.29, 0.717) is 19.0 Å². The van der Waals surface area contributed by atoms with Gasteiger partial charge in [0.1, 0.15) is 11.5 Å². The van der Waals surface area contributed by atoms with Crippen LogP contribution in [0.1, 0.15) is 37.0 Å². The molecule has 0 amide bonds. The molecule has 0 saturated carbocycles. The lowest BCUT2D eigenvalue weighted by atomic mass is 10.1. The zero-order valence-corrected chi connectivity index (χ0v) is 17.5. The number of ether oxygens (including phenoxy) is 2. The second kappa shape index (κ2) is 10.1. The van der Waals surface area contributed by atoms with Crippen molar-refractivity contribution < 1.29 is 22.6 Å². The van der Waals surface area contributed by atoms with Crippen molar-refractivity contribution in [2.24, 2.45) is 5.92 Å². The summed E-state index contributed by atoms with van der Waals surface area (Å²) in [4.78, 5) is 1.21. The lowest BCUT2D eigenvalue weighted by Crippen LogP contribution is -2.11. The van der Waals surface area contributed by atoms with Gasteiger partial charge in [-0.05, 0) is 73.7 Å². The summed E-state index contributed by atoms with van der Waals surface area (Å²) in [6.07, 6.45) is -3.35. The van der Waals surface area contributed by atoms with E-state index in [0.717, 1.165) is 35.6 Å². The molecule has 28 heavy (non-hydrogen) atoms.